The van der Waals surface area contributed by atoms with E-state index in [-0.39, 0.29) is 0 Å². The zero-order valence-electron chi connectivity index (χ0n) is 5.76. The SMILES string of the molecule is C[C@H]1C=CN(C)[C@H]1C. The lowest BCUT2D eigenvalue weighted by Crippen LogP contribution is -2.23. The van der Waals surface area contributed by atoms with Crippen LogP contribution in [0.2, 0.25) is 0 Å². The van der Waals surface area contributed by atoms with Crippen LogP contribution < -0.4 is 0 Å². The van der Waals surface area contributed by atoms with Crippen molar-refractivity contribution >= 4 is 0 Å². The average Bonchev–Trinajstić information content (AvgIpc) is 1.98. The van der Waals surface area contributed by atoms with E-state index in [9.17, 15) is 0 Å². The van der Waals surface area contributed by atoms with Gasteiger partial charge in [0.25, 0.3) is 0 Å². The van der Waals surface area contributed by atoms with Crippen LogP contribution >= 0.6 is 0 Å². The van der Waals surface area contributed by atoms with Crippen molar-refractivity contribution in [2.75, 3.05) is 7.05 Å². The highest BCUT2D eigenvalue weighted by atomic mass is 15.1. The molecule has 2 atom stereocenters. The van der Waals surface area contributed by atoms with E-state index in [1.807, 2.05) is 0 Å². The third-order valence-electron chi connectivity index (χ3n) is 2.03. The van der Waals surface area contributed by atoms with Crippen molar-refractivity contribution in [2.45, 2.75) is 19.9 Å². The molecule has 46 valence electrons. The molecule has 8 heavy (non-hydrogen) atoms. The van der Waals surface area contributed by atoms with Crippen molar-refractivity contribution in [1.82, 2.24) is 4.90 Å². The van der Waals surface area contributed by atoms with Gasteiger partial charge in [0.05, 0.1) is 0 Å². The quantitative estimate of drug-likeness (QED) is 0.457. The molecular formula is C7H13N. The van der Waals surface area contributed by atoms with Gasteiger partial charge in [-0.05, 0) is 19.0 Å². The Bertz CT molecular complexity index is 95.0. The van der Waals surface area contributed by atoms with E-state index in [1.165, 1.54) is 0 Å². The van der Waals surface area contributed by atoms with E-state index in [0.717, 1.165) is 5.92 Å². The van der Waals surface area contributed by atoms with E-state index in [0.29, 0.717) is 6.04 Å². The predicted molar refractivity (Wildman–Crippen MR) is 35.5 cm³/mol. The maximum Gasteiger partial charge on any atom is 0.0313 e. The topological polar surface area (TPSA) is 3.24 Å². The Labute approximate surface area is 51.0 Å². The van der Waals surface area contributed by atoms with Crippen LogP contribution in [0.1, 0.15) is 13.8 Å². The Morgan fingerprint density at radius 2 is 2.00 bits per heavy atom. The first-order valence-electron chi connectivity index (χ1n) is 3.12. The smallest absolute Gasteiger partial charge is 0.0313 e. The Hall–Kier alpha value is -0.460. The summed E-state index contributed by atoms with van der Waals surface area (Å²) < 4.78 is 0. The Kier molecular flexibility index (Phi) is 1.28. The van der Waals surface area contributed by atoms with E-state index in [4.69, 9.17) is 0 Å². The average molecular weight is 111 g/mol. The Balaban J connectivity index is 2.55. The summed E-state index contributed by atoms with van der Waals surface area (Å²) in [5.41, 5.74) is 0. The minimum atomic E-state index is 0.704. The van der Waals surface area contributed by atoms with Gasteiger partial charge in [0.2, 0.25) is 0 Å². The summed E-state index contributed by atoms with van der Waals surface area (Å²) in [6, 6.07) is 0.704. The molecule has 1 heterocycles. The van der Waals surface area contributed by atoms with E-state index >= 15 is 0 Å². The summed E-state index contributed by atoms with van der Waals surface area (Å²) in [5, 5.41) is 0. The summed E-state index contributed by atoms with van der Waals surface area (Å²) in [6.07, 6.45) is 4.39. The fourth-order valence-electron chi connectivity index (χ4n) is 0.939. The van der Waals surface area contributed by atoms with Gasteiger partial charge in [-0.25, -0.2) is 0 Å². The van der Waals surface area contributed by atoms with Crippen molar-refractivity contribution < 1.29 is 0 Å². The first-order valence-corrected chi connectivity index (χ1v) is 3.12. The van der Waals surface area contributed by atoms with Gasteiger partial charge in [-0.3, -0.25) is 0 Å². The molecule has 0 N–H and O–H groups in total. The second kappa shape index (κ2) is 1.81. The molecule has 1 nitrogen and oxygen atoms in total. The summed E-state index contributed by atoms with van der Waals surface area (Å²) in [5.74, 6) is 0.736. The molecule has 0 aliphatic carbocycles. The van der Waals surface area contributed by atoms with Gasteiger partial charge in [0.1, 0.15) is 0 Å². The first-order chi connectivity index (χ1) is 3.72. The van der Waals surface area contributed by atoms with Crippen molar-refractivity contribution in [3.05, 3.63) is 12.3 Å². The molecule has 1 rings (SSSR count). The maximum absolute atomic E-state index is 2.24. The van der Waals surface area contributed by atoms with Crippen molar-refractivity contribution in [3.8, 4) is 0 Å². The van der Waals surface area contributed by atoms with Gasteiger partial charge in [0, 0.05) is 13.1 Å². The third-order valence-corrected chi connectivity index (χ3v) is 2.03. The van der Waals surface area contributed by atoms with Crippen LogP contribution in [0, 0.1) is 5.92 Å². The highest BCUT2D eigenvalue weighted by Gasteiger charge is 2.16. The Morgan fingerprint density at radius 1 is 1.38 bits per heavy atom. The van der Waals surface area contributed by atoms with E-state index < -0.39 is 0 Å². The molecule has 0 aromatic rings. The molecule has 0 spiro atoms. The van der Waals surface area contributed by atoms with Gasteiger partial charge in [-0.15, -0.1) is 0 Å². The maximum atomic E-state index is 2.24. The van der Waals surface area contributed by atoms with Crippen molar-refractivity contribution in [1.29, 1.82) is 0 Å². The Morgan fingerprint density at radius 3 is 2.12 bits per heavy atom. The van der Waals surface area contributed by atoms with Crippen LogP contribution in [-0.4, -0.2) is 18.0 Å². The van der Waals surface area contributed by atoms with Gasteiger partial charge in [-0.2, -0.15) is 0 Å². The minimum Gasteiger partial charge on any atom is -0.377 e. The highest BCUT2D eigenvalue weighted by Crippen LogP contribution is 2.17. The third kappa shape index (κ3) is 0.726. The zero-order valence-corrected chi connectivity index (χ0v) is 5.76. The monoisotopic (exact) mass is 111 g/mol. The molecular weight excluding hydrogens is 98.1 g/mol. The normalized spacial score (nSPS) is 36.6. The summed E-state index contributed by atoms with van der Waals surface area (Å²) in [7, 11) is 2.12. The molecule has 1 aliphatic rings. The lowest BCUT2D eigenvalue weighted by molar-refractivity contribution is 0.333. The molecule has 0 amide bonds. The molecule has 0 radical (unpaired) electrons. The van der Waals surface area contributed by atoms with Gasteiger partial charge in [-0.1, -0.05) is 13.0 Å². The van der Waals surface area contributed by atoms with Crippen molar-refractivity contribution in [2.24, 2.45) is 5.92 Å². The fourth-order valence-corrected chi connectivity index (χ4v) is 0.939. The van der Waals surface area contributed by atoms with Gasteiger partial charge < -0.3 is 4.90 Å². The second-order valence-electron chi connectivity index (χ2n) is 2.61. The zero-order chi connectivity index (χ0) is 6.15. The minimum absolute atomic E-state index is 0.704. The number of hydrogen-bond donors (Lipinski definition) is 0. The standard InChI is InChI=1S/C7H13N/c1-6-4-5-8(3)7(6)2/h4-7H,1-3H3/t6-,7-/m0/s1. The van der Waals surface area contributed by atoms with E-state index in [1.54, 1.807) is 0 Å². The van der Waals surface area contributed by atoms with Crippen LogP contribution in [-0.2, 0) is 0 Å². The van der Waals surface area contributed by atoms with Crippen LogP contribution in [0.25, 0.3) is 0 Å². The van der Waals surface area contributed by atoms with Crippen LogP contribution in [0.5, 0.6) is 0 Å². The fraction of sp³-hybridized carbons (Fsp3) is 0.714. The predicted octanol–water partition coefficient (Wildman–Crippen LogP) is 1.47. The molecule has 0 aromatic carbocycles. The molecule has 0 unspecified atom stereocenters. The van der Waals surface area contributed by atoms with E-state index in [2.05, 4.69) is 38.1 Å². The van der Waals surface area contributed by atoms with Gasteiger partial charge >= 0.3 is 0 Å². The lowest BCUT2D eigenvalue weighted by Gasteiger charge is -2.18. The molecule has 0 fully saturated rings. The first kappa shape index (κ1) is 5.67. The molecule has 0 saturated carbocycles. The molecule has 0 bridgehead atoms. The summed E-state index contributed by atoms with van der Waals surface area (Å²) >= 11 is 0. The van der Waals surface area contributed by atoms with Crippen LogP contribution in [0.4, 0.5) is 0 Å². The van der Waals surface area contributed by atoms with Gasteiger partial charge in [0.15, 0.2) is 0 Å². The summed E-state index contributed by atoms with van der Waals surface area (Å²) in [6.45, 7) is 4.48. The second-order valence-corrected chi connectivity index (χ2v) is 2.61. The van der Waals surface area contributed by atoms with Crippen LogP contribution in [0.3, 0.4) is 0 Å². The lowest BCUT2D eigenvalue weighted by atomic mass is 10.1. The molecule has 0 saturated heterocycles. The number of hydrogen-bond acceptors (Lipinski definition) is 1. The highest BCUT2D eigenvalue weighted by molar-refractivity contribution is 4.99. The van der Waals surface area contributed by atoms with Crippen molar-refractivity contribution in [3.63, 3.8) is 0 Å². The molecule has 0 aromatic heterocycles. The number of nitrogens with zero attached hydrogens (tertiary/aromatic N) is 1. The molecule has 1 aliphatic heterocycles. The largest absolute Gasteiger partial charge is 0.377 e. The van der Waals surface area contributed by atoms with Crippen LogP contribution in [0.15, 0.2) is 12.3 Å². The molecule has 1 heteroatoms. The summed E-state index contributed by atoms with van der Waals surface area (Å²) in [4.78, 5) is 2.24. The number of rotatable bonds is 0.